The van der Waals surface area contributed by atoms with Crippen LogP contribution in [0.3, 0.4) is 0 Å². The fraction of sp³-hybridized carbons (Fsp3) is 0.778. The molecule has 0 aromatic carbocycles. The molecule has 12 heavy (non-hydrogen) atoms. The molecule has 70 valence electrons. The van der Waals surface area contributed by atoms with Gasteiger partial charge < -0.3 is 5.11 Å². The second-order valence-electron chi connectivity index (χ2n) is 3.49. The average Bonchev–Trinajstić information content (AvgIpc) is 2.04. The molecule has 0 bridgehead atoms. The molecule has 0 saturated carbocycles. The van der Waals surface area contributed by atoms with E-state index in [-0.39, 0.29) is 6.10 Å². The predicted octanol–water partition coefficient (Wildman–Crippen LogP) is 1.59. The van der Waals surface area contributed by atoms with Crippen molar-refractivity contribution < 1.29 is 5.11 Å². The lowest BCUT2D eigenvalue weighted by molar-refractivity contribution is 0.0758. The molecule has 0 amide bonds. The minimum Gasteiger partial charge on any atom is -0.392 e. The van der Waals surface area contributed by atoms with Crippen LogP contribution in [0.25, 0.3) is 0 Å². The topological polar surface area (TPSA) is 23.5 Å². The molecule has 1 heterocycles. The van der Waals surface area contributed by atoms with Crippen molar-refractivity contribution in [2.45, 2.75) is 25.9 Å². The summed E-state index contributed by atoms with van der Waals surface area (Å²) in [5, 5.41) is 9.37. The zero-order valence-electron chi connectivity index (χ0n) is 7.46. The van der Waals surface area contributed by atoms with Gasteiger partial charge in [-0.2, -0.15) is 0 Å². The number of aliphatic hydroxyl groups is 1. The number of piperidine rings is 1. The van der Waals surface area contributed by atoms with E-state index in [0.29, 0.717) is 0 Å². The largest absolute Gasteiger partial charge is 0.392 e. The zero-order chi connectivity index (χ0) is 8.97. The van der Waals surface area contributed by atoms with E-state index in [9.17, 15) is 5.11 Å². The van der Waals surface area contributed by atoms with Crippen LogP contribution in [0.5, 0.6) is 0 Å². The van der Waals surface area contributed by atoms with Gasteiger partial charge in [-0.1, -0.05) is 11.6 Å². The van der Waals surface area contributed by atoms with Gasteiger partial charge in [0.25, 0.3) is 0 Å². The highest BCUT2D eigenvalue weighted by Crippen LogP contribution is 2.11. The smallest absolute Gasteiger partial charge is 0.0667 e. The Morgan fingerprint density at radius 3 is 3.08 bits per heavy atom. The number of β-amino-alcohol motifs (C(OH)–C–C–N with tert-alkyl or cyclic N) is 1. The molecule has 0 aromatic heterocycles. The van der Waals surface area contributed by atoms with Crippen molar-refractivity contribution >= 4 is 11.6 Å². The number of aliphatic hydroxyl groups excluding tert-OH is 1. The summed E-state index contributed by atoms with van der Waals surface area (Å²) in [4.78, 5) is 2.24. The minimum atomic E-state index is -0.137. The third kappa shape index (κ3) is 3.13. The first-order chi connectivity index (χ1) is 5.72. The van der Waals surface area contributed by atoms with Crippen LogP contribution in [-0.4, -0.2) is 35.7 Å². The van der Waals surface area contributed by atoms with Gasteiger partial charge in [-0.25, -0.2) is 0 Å². The van der Waals surface area contributed by atoms with Gasteiger partial charge in [0.1, 0.15) is 0 Å². The number of halogens is 1. The molecule has 1 aliphatic rings. The molecular formula is C9H16ClNO. The Morgan fingerprint density at radius 1 is 1.75 bits per heavy atom. The van der Waals surface area contributed by atoms with E-state index in [1.54, 1.807) is 5.54 Å². The van der Waals surface area contributed by atoms with Crippen LogP contribution in [0.15, 0.2) is 11.1 Å². The molecule has 2 nitrogen and oxygen atoms in total. The summed E-state index contributed by atoms with van der Waals surface area (Å²) in [6.45, 7) is 4.77. The Morgan fingerprint density at radius 2 is 2.50 bits per heavy atom. The maximum Gasteiger partial charge on any atom is 0.0667 e. The van der Waals surface area contributed by atoms with Crippen LogP contribution in [0.2, 0.25) is 0 Å². The van der Waals surface area contributed by atoms with Crippen LogP contribution >= 0.6 is 11.6 Å². The molecule has 1 unspecified atom stereocenters. The standard InChI is InChI=1S/C9H16ClNO/c1-8(5-10)6-11-4-2-3-9(12)7-11/h5,9,12H,2-4,6-7H2,1H3/b8-5+. The van der Waals surface area contributed by atoms with Gasteiger partial charge in [0, 0.05) is 18.6 Å². The molecule has 3 heteroatoms. The molecule has 1 N–H and O–H groups in total. The molecule has 1 fully saturated rings. The van der Waals surface area contributed by atoms with Crippen molar-refractivity contribution in [3.63, 3.8) is 0 Å². The second-order valence-corrected chi connectivity index (χ2v) is 3.70. The third-order valence-corrected chi connectivity index (χ3v) is 2.51. The third-order valence-electron chi connectivity index (χ3n) is 2.14. The van der Waals surface area contributed by atoms with Crippen LogP contribution in [-0.2, 0) is 0 Å². The first kappa shape index (κ1) is 10.0. The normalized spacial score (nSPS) is 27.6. The van der Waals surface area contributed by atoms with Gasteiger partial charge in [0.2, 0.25) is 0 Å². The number of rotatable bonds is 2. The van der Waals surface area contributed by atoms with Gasteiger partial charge in [-0.3, -0.25) is 4.90 Å². The minimum absolute atomic E-state index is 0.137. The number of hydrogen-bond donors (Lipinski definition) is 1. The SMILES string of the molecule is C/C(=C\Cl)CN1CCCC(O)C1. The summed E-state index contributed by atoms with van der Waals surface area (Å²) in [6.07, 6.45) is 1.90. The number of likely N-dealkylation sites (tertiary alicyclic amines) is 1. The van der Waals surface area contributed by atoms with Gasteiger partial charge in [0.15, 0.2) is 0 Å². The molecule has 1 aliphatic heterocycles. The monoisotopic (exact) mass is 189 g/mol. The van der Waals surface area contributed by atoms with Crippen molar-refractivity contribution in [2.75, 3.05) is 19.6 Å². The van der Waals surface area contributed by atoms with E-state index in [4.69, 9.17) is 11.6 Å². The van der Waals surface area contributed by atoms with Gasteiger partial charge in [0.05, 0.1) is 6.10 Å². The fourth-order valence-corrected chi connectivity index (χ4v) is 1.63. The van der Waals surface area contributed by atoms with Crippen LogP contribution in [0, 0.1) is 0 Å². The van der Waals surface area contributed by atoms with Crippen molar-refractivity contribution in [1.29, 1.82) is 0 Å². The van der Waals surface area contributed by atoms with Gasteiger partial charge in [-0.15, -0.1) is 0 Å². The molecule has 1 saturated heterocycles. The van der Waals surface area contributed by atoms with Gasteiger partial charge >= 0.3 is 0 Å². The molecular weight excluding hydrogens is 174 g/mol. The second kappa shape index (κ2) is 4.85. The van der Waals surface area contributed by atoms with Crippen molar-refractivity contribution in [3.05, 3.63) is 11.1 Å². The number of hydrogen-bond acceptors (Lipinski definition) is 2. The van der Waals surface area contributed by atoms with Crippen molar-refractivity contribution in [2.24, 2.45) is 0 Å². The summed E-state index contributed by atoms with van der Waals surface area (Å²) in [6, 6.07) is 0. The Hall–Kier alpha value is -0.0500. The molecule has 0 radical (unpaired) electrons. The van der Waals surface area contributed by atoms with Crippen LogP contribution in [0.4, 0.5) is 0 Å². The Kier molecular flexibility index (Phi) is 4.06. The van der Waals surface area contributed by atoms with E-state index in [1.165, 1.54) is 0 Å². The fourth-order valence-electron chi connectivity index (χ4n) is 1.56. The molecule has 1 atom stereocenters. The lowest BCUT2D eigenvalue weighted by Gasteiger charge is -2.29. The Labute approximate surface area is 78.8 Å². The predicted molar refractivity (Wildman–Crippen MR) is 51.3 cm³/mol. The van der Waals surface area contributed by atoms with Crippen LogP contribution in [0.1, 0.15) is 19.8 Å². The summed E-state index contributed by atoms with van der Waals surface area (Å²) >= 11 is 5.56. The van der Waals surface area contributed by atoms with E-state index < -0.39 is 0 Å². The highest BCUT2D eigenvalue weighted by Gasteiger charge is 2.16. The highest BCUT2D eigenvalue weighted by molar-refractivity contribution is 6.25. The van der Waals surface area contributed by atoms with Gasteiger partial charge in [-0.05, 0) is 31.9 Å². The first-order valence-corrected chi connectivity index (χ1v) is 4.82. The average molecular weight is 190 g/mol. The number of nitrogens with zero attached hydrogens (tertiary/aromatic N) is 1. The summed E-state index contributed by atoms with van der Waals surface area (Å²) in [7, 11) is 0. The quantitative estimate of drug-likeness (QED) is 0.713. The van der Waals surface area contributed by atoms with Crippen molar-refractivity contribution in [3.8, 4) is 0 Å². The maximum atomic E-state index is 9.37. The summed E-state index contributed by atoms with van der Waals surface area (Å²) in [5.74, 6) is 0. The Bertz CT molecular complexity index is 170. The summed E-state index contributed by atoms with van der Waals surface area (Å²) < 4.78 is 0. The van der Waals surface area contributed by atoms with E-state index in [2.05, 4.69) is 4.90 Å². The molecule has 0 aliphatic carbocycles. The maximum absolute atomic E-state index is 9.37. The zero-order valence-corrected chi connectivity index (χ0v) is 8.22. The van der Waals surface area contributed by atoms with E-state index in [1.807, 2.05) is 6.92 Å². The van der Waals surface area contributed by atoms with Crippen molar-refractivity contribution in [1.82, 2.24) is 4.90 Å². The highest BCUT2D eigenvalue weighted by atomic mass is 35.5. The summed E-state index contributed by atoms with van der Waals surface area (Å²) in [5.41, 5.74) is 2.77. The molecule has 0 aromatic rings. The first-order valence-electron chi connectivity index (χ1n) is 4.38. The van der Waals surface area contributed by atoms with E-state index >= 15 is 0 Å². The lowest BCUT2D eigenvalue weighted by atomic mass is 10.1. The molecule has 1 rings (SSSR count). The van der Waals surface area contributed by atoms with Crippen LogP contribution < -0.4 is 0 Å². The lowest BCUT2D eigenvalue weighted by Crippen LogP contribution is -2.38. The molecule has 0 spiro atoms. The van der Waals surface area contributed by atoms with E-state index in [0.717, 1.165) is 38.0 Å². The Balaban J connectivity index is 2.32.